The smallest absolute Gasteiger partial charge is 0.182 e. The maximum absolute atomic E-state index is 13.3. The Morgan fingerprint density at radius 2 is 2.04 bits per heavy atom. The van der Waals surface area contributed by atoms with Crippen molar-refractivity contribution in [1.82, 2.24) is 25.8 Å². The van der Waals surface area contributed by atoms with Gasteiger partial charge in [0.1, 0.15) is 23.1 Å². The minimum atomic E-state index is -0.454. The second-order valence-electron chi connectivity index (χ2n) is 5.29. The largest absolute Gasteiger partial charge is 0.299 e. The molecule has 0 saturated heterocycles. The van der Waals surface area contributed by atoms with Gasteiger partial charge in [-0.05, 0) is 45.4 Å². The summed E-state index contributed by atoms with van der Waals surface area (Å²) in [4.78, 5) is 24.3. The van der Waals surface area contributed by atoms with Gasteiger partial charge in [-0.3, -0.25) is 15.5 Å². The lowest BCUT2D eigenvalue weighted by molar-refractivity contribution is -0.118. The maximum atomic E-state index is 13.3. The van der Waals surface area contributed by atoms with Crippen LogP contribution in [0.5, 0.6) is 0 Å². The van der Waals surface area contributed by atoms with Crippen molar-refractivity contribution in [2.75, 3.05) is 0 Å². The highest BCUT2D eigenvalue weighted by Gasteiger charge is 2.20. The predicted molar refractivity (Wildman–Crippen MR) is 94.0 cm³/mol. The average molecular weight is 435 g/mol. The fourth-order valence-electron chi connectivity index (χ4n) is 2.16. The van der Waals surface area contributed by atoms with E-state index >= 15 is 0 Å². The van der Waals surface area contributed by atoms with Gasteiger partial charge < -0.3 is 0 Å². The number of nitrogens with zero attached hydrogens (tertiary/aromatic N) is 5. The zero-order valence-electron chi connectivity index (χ0n) is 13.6. The molecule has 0 spiro atoms. The van der Waals surface area contributed by atoms with E-state index in [1.54, 1.807) is 18.5 Å². The van der Waals surface area contributed by atoms with Gasteiger partial charge in [-0.1, -0.05) is 5.16 Å². The molecule has 0 saturated carbocycles. The molecular weight excluding hydrogens is 423 g/mol. The van der Waals surface area contributed by atoms with Crippen LogP contribution in [-0.2, 0) is 17.6 Å². The molecule has 9 nitrogen and oxygen atoms in total. The summed E-state index contributed by atoms with van der Waals surface area (Å²) in [6, 6.07) is 5.68. The lowest BCUT2D eigenvalue weighted by Crippen LogP contribution is -2.23. The van der Waals surface area contributed by atoms with Crippen LogP contribution in [0.25, 0.3) is 0 Å². The van der Waals surface area contributed by atoms with Crippen molar-refractivity contribution in [3.63, 3.8) is 0 Å². The van der Waals surface area contributed by atoms with Gasteiger partial charge in [0.05, 0.1) is 23.0 Å². The van der Waals surface area contributed by atoms with Gasteiger partial charge in [0.25, 0.3) is 0 Å². The Bertz CT molecular complexity index is 979. The van der Waals surface area contributed by atoms with Crippen LogP contribution in [0.15, 0.2) is 50.8 Å². The number of aliphatic imine (C=N–C) groups is 1. The van der Waals surface area contributed by atoms with Gasteiger partial charge in [-0.2, -0.15) is 0 Å². The Hall–Kier alpha value is -3.05. The molecule has 0 atom stereocenters. The van der Waals surface area contributed by atoms with E-state index in [1.165, 1.54) is 18.2 Å². The molecular formula is C16H12BrFN6O3. The average Bonchev–Trinajstić information content (AvgIpc) is 3.11. The van der Waals surface area contributed by atoms with Crippen LogP contribution in [0, 0.1) is 5.82 Å². The van der Waals surface area contributed by atoms with Crippen LogP contribution in [-0.4, -0.2) is 37.1 Å². The zero-order chi connectivity index (χ0) is 19.2. The first kappa shape index (κ1) is 18.7. The monoisotopic (exact) mass is 434 g/mol. The molecule has 0 radical (unpaired) electrons. The molecule has 138 valence electrons. The number of hydroxylamine groups is 1. The number of nitrogens with one attached hydrogen (secondary N) is 1. The van der Waals surface area contributed by atoms with Crippen molar-refractivity contribution in [1.29, 1.82) is 0 Å². The number of amidine groups is 1. The number of Topliss-reactive ketones (excluding diaryl/α,β-unsaturated/α-hetero) is 1. The van der Waals surface area contributed by atoms with Crippen LogP contribution in [0.1, 0.15) is 17.2 Å². The molecule has 0 aliphatic heterocycles. The van der Waals surface area contributed by atoms with Crippen LogP contribution in [0.3, 0.4) is 0 Å². The van der Waals surface area contributed by atoms with E-state index in [0.717, 1.165) is 0 Å². The number of carbonyl (C=O) groups is 1. The minimum absolute atomic E-state index is 0.0110. The molecule has 3 rings (SSSR count). The third-order valence-corrected chi connectivity index (χ3v) is 3.98. The number of ketones is 1. The second kappa shape index (κ2) is 8.56. The second-order valence-corrected chi connectivity index (χ2v) is 6.14. The first-order valence-corrected chi connectivity index (χ1v) is 8.39. The summed E-state index contributed by atoms with van der Waals surface area (Å²) in [5.41, 5.74) is 2.46. The molecule has 1 aromatic carbocycles. The van der Waals surface area contributed by atoms with E-state index in [-0.39, 0.29) is 40.3 Å². The van der Waals surface area contributed by atoms with Crippen LogP contribution in [0.2, 0.25) is 0 Å². The number of halogens is 2. The number of carbonyl (C=O) groups excluding carboxylic acids is 1. The van der Waals surface area contributed by atoms with Gasteiger partial charge in [0.2, 0.25) is 0 Å². The van der Waals surface area contributed by atoms with E-state index in [2.05, 4.69) is 45.8 Å². The molecule has 2 aromatic heterocycles. The van der Waals surface area contributed by atoms with Crippen molar-refractivity contribution in [3.8, 4) is 0 Å². The normalized spacial score (nSPS) is 11.4. The van der Waals surface area contributed by atoms with Crippen molar-refractivity contribution in [2.45, 2.75) is 12.8 Å². The van der Waals surface area contributed by atoms with Crippen molar-refractivity contribution in [2.24, 2.45) is 4.99 Å². The quantitative estimate of drug-likeness (QED) is 0.343. The molecule has 0 fully saturated rings. The Morgan fingerprint density at radius 3 is 2.74 bits per heavy atom. The molecule has 3 aromatic rings. The van der Waals surface area contributed by atoms with E-state index in [0.29, 0.717) is 11.5 Å². The summed E-state index contributed by atoms with van der Waals surface area (Å²) in [6.45, 7) is 0. The van der Waals surface area contributed by atoms with E-state index in [1.807, 2.05) is 5.48 Å². The Labute approximate surface area is 160 Å². The lowest BCUT2D eigenvalue weighted by atomic mass is 10.1. The van der Waals surface area contributed by atoms with Crippen LogP contribution >= 0.6 is 15.9 Å². The number of hydrogen-bond donors (Lipinski definition) is 2. The summed E-state index contributed by atoms with van der Waals surface area (Å²) in [5, 5.41) is 16.8. The van der Waals surface area contributed by atoms with Gasteiger partial charge in [-0.15, -0.1) is 0 Å². The zero-order valence-corrected chi connectivity index (χ0v) is 15.2. The molecule has 27 heavy (non-hydrogen) atoms. The van der Waals surface area contributed by atoms with Gasteiger partial charge in [0, 0.05) is 12.4 Å². The standard InChI is InChI=1S/C16H12BrFN6O3/c17-11-6-9(2-3-12(11)18)21-16(22-26)15-13(23-27-24-15)7-10(25)8-14-19-4-1-5-20-14/h1-6,26H,7-8H2,(H,21,22). The third-order valence-electron chi connectivity index (χ3n) is 3.37. The van der Waals surface area contributed by atoms with Crippen LogP contribution in [0.4, 0.5) is 10.1 Å². The summed E-state index contributed by atoms with van der Waals surface area (Å²) >= 11 is 3.06. The predicted octanol–water partition coefficient (Wildman–Crippen LogP) is 2.17. The topological polar surface area (TPSA) is 126 Å². The molecule has 11 heteroatoms. The molecule has 0 amide bonds. The fraction of sp³-hybridized carbons (Fsp3) is 0.125. The Kier molecular flexibility index (Phi) is 5.94. The van der Waals surface area contributed by atoms with E-state index < -0.39 is 5.82 Å². The highest BCUT2D eigenvalue weighted by Crippen LogP contribution is 2.22. The molecule has 2 heterocycles. The first-order valence-electron chi connectivity index (χ1n) is 7.60. The van der Waals surface area contributed by atoms with Gasteiger partial charge in [-0.25, -0.2) is 24.0 Å². The minimum Gasteiger partial charge on any atom is -0.299 e. The molecule has 0 aliphatic rings. The number of hydrogen-bond acceptors (Lipinski definition) is 8. The summed E-state index contributed by atoms with van der Waals surface area (Å²) in [6.07, 6.45) is 2.97. The Morgan fingerprint density at radius 1 is 1.26 bits per heavy atom. The molecule has 0 unspecified atom stereocenters. The van der Waals surface area contributed by atoms with Crippen LogP contribution < -0.4 is 5.48 Å². The summed E-state index contributed by atoms with van der Waals surface area (Å²) in [7, 11) is 0. The number of rotatable bonds is 6. The molecule has 0 aliphatic carbocycles. The van der Waals surface area contributed by atoms with Crippen molar-refractivity contribution >= 4 is 33.2 Å². The van der Waals surface area contributed by atoms with E-state index in [4.69, 9.17) is 0 Å². The summed E-state index contributed by atoms with van der Waals surface area (Å²) in [5.74, 6) is -0.399. The van der Waals surface area contributed by atoms with Gasteiger partial charge in [0.15, 0.2) is 11.5 Å². The van der Waals surface area contributed by atoms with Gasteiger partial charge >= 0.3 is 0 Å². The number of benzene rings is 1. The number of aromatic nitrogens is 4. The molecule has 0 bridgehead atoms. The fourth-order valence-corrected chi connectivity index (χ4v) is 2.53. The summed E-state index contributed by atoms with van der Waals surface area (Å²) < 4.78 is 18.2. The highest BCUT2D eigenvalue weighted by molar-refractivity contribution is 9.10. The highest BCUT2D eigenvalue weighted by atomic mass is 79.9. The molecule has 2 N–H and O–H groups in total. The van der Waals surface area contributed by atoms with Crippen molar-refractivity contribution < 1.29 is 19.0 Å². The lowest BCUT2D eigenvalue weighted by Gasteiger charge is -2.04. The van der Waals surface area contributed by atoms with E-state index in [9.17, 15) is 14.4 Å². The van der Waals surface area contributed by atoms with Crippen molar-refractivity contribution in [3.05, 3.63) is 64.2 Å². The SMILES string of the molecule is O=C(Cc1ncccn1)Cc1nonc1C(=Nc1ccc(F)c(Br)c1)NO. The third kappa shape index (κ3) is 4.77. The Balaban J connectivity index is 1.80. The first-order chi connectivity index (χ1) is 13.1. The maximum Gasteiger partial charge on any atom is 0.182 e.